The molecule has 0 unspecified atom stereocenters. The van der Waals surface area contributed by atoms with Crippen LogP contribution in [0, 0.1) is 20.8 Å². The molecule has 5 heteroatoms. The molecule has 0 saturated heterocycles. The third kappa shape index (κ3) is 4.67. The van der Waals surface area contributed by atoms with E-state index in [1.54, 1.807) is 0 Å². The van der Waals surface area contributed by atoms with Gasteiger partial charge in [0.15, 0.2) is 12.2 Å². The van der Waals surface area contributed by atoms with Gasteiger partial charge in [0.2, 0.25) is 5.89 Å². The molecule has 4 aromatic rings. The van der Waals surface area contributed by atoms with E-state index in [-0.39, 0.29) is 12.5 Å². The Morgan fingerprint density at radius 2 is 1.81 bits per heavy atom. The topological polar surface area (TPSA) is 64.4 Å². The first kappa shape index (κ1) is 21.6. The van der Waals surface area contributed by atoms with Crippen molar-refractivity contribution >= 4 is 22.7 Å². The number of oxazole rings is 1. The number of rotatable bonds is 6. The summed E-state index contributed by atoms with van der Waals surface area (Å²) in [6.07, 6.45) is 0. The number of benzene rings is 3. The van der Waals surface area contributed by atoms with Crippen LogP contribution in [0.2, 0.25) is 0 Å². The number of carbonyl (C=O) groups excluding carboxylic acids is 1. The van der Waals surface area contributed by atoms with Crippen molar-refractivity contribution in [3.63, 3.8) is 0 Å². The summed E-state index contributed by atoms with van der Waals surface area (Å²) in [5, 5.41) is 2.90. The van der Waals surface area contributed by atoms with Gasteiger partial charge in [-0.2, -0.15) is 0 Å². The predicted molar refractivity (Wildman–Crippen MR) is 128 cm³/mol. The summed E-state index contributed by atoms with van der Waals surface area (Å²) in [6.45, 7) is 10.3. The van der Waals surface area contributed by atoms with Crippen molar-refractivity contribution in [1.29, 1.82) is 0 Å². The molecule has 4 rings (SSSR count). The third-order valence-corrected chi connectivity index (χ3v) is 5.55. The van der Waals surface area contributed by atoms with Crippen LogP contribution in [0.5, 0.6) is 5.75 Å². The average molecular weight is 429 g/mol. The largest absolute Gasteiger partial charge is 0.483 e. The lowest BCUT2D eigenvalue weighted by Gasteiger charge is -2.15. The molecular formula is C27H28N2O3. The summed E-state index contributed by atoms with van der Waals surface area (Å²) < 4.78 is 11.8. The minimum atomic E-state index is -0.220. The van der Waals surface area contributed by atoms with Crippen LogP contribution in [0.15, 0.2) is 59.0 Å². The standard InChI is InChI=1S/C27H28N2O3/c1-16(2)22-10-9-17(3)11-24(22)31-15-26(30)28-21-8-6-7-20(14-21)27-29-23-12-18(4)19(5)13-25(23)32-27/h6-14,16H,15H2,1-5H3,(H,28,30). The molecule has 32 heavy (non-hydrogen) atoms. The van der Waals surface area contributed by atoms with Crippen LogP contribution in [-0.4, -0.2) is 17.5 Å². The van der Waals surface area contributed by atoms with E-state index in [2.05, 4.69) is 50.1 Å². The molecule has 0 bridgehead atoms. The van der Waals surface area contributed by atoms with E-state index in [1.165, 1.54) is 5.56 Å². The highest BCUT2D eigenvalue weighted by atomic mass is 16.5. The minimum absolute atomic E-state index is 0.0607. The maximum absolute atomic E-state index is 12.5. The lowest BCUT2D eigenvalue weighted by molar-refractivity contribution is -0.118. The number of anilines is 1. The van der Waals surface area contributed by atoms with Gasteiger partial charge in [0.25, 0.3) is 5.91 Å². The van der Waals surface area contributed by atoms with Crippen LogP contribution in [0.3, 0.4) is 0 Å². The third-order valence-electron chi connectivity index (χ3n) is 5.55. The zero-order valence-electron chi connectivity index (χ0n) is 19.2. The zero-order valence-corrected chi connectivity index (χ0v) is 19.2. The number of fused-ring (bicyclic) bond motifs is 1. The molecule has 0 fully saturated rings. The summed E-state index contributed by atoms with van der Waals surface area (Å²) in [7, 11) is 0. The van der Waals surface area contributed by atoms with Gasteiger partial charge in [-0.15, -0.1) is 0 Å². The SMILES string of the molecule is Cc1ccc(C(C)C)c(OCC(=O)Nc2cccc(-c3nc4cc(C)c(C)cc4o3)c2)c1. The van der Waals surface area contributed by atoms with Gasteiger partial charge >= 0.3 is 0 Å². The molecular weight excluding hydrogens is 400 g/mol. The molecule has 1 amide bonds. The summed E-state index contributed by atoms with van der Waals surface area (Å²) >= 11 is 0. The summed E-state index contributed by atoms with van der Waals surface area (Å²) in [5.41, 5.74) is 7.57. The van der Waals surface area contributed by atoms with Gasteiger partial charge in [-0.25, -0.2) is 4.98 Å². The summed E-state index contributed by atoms with van der Waals surface area (Å²) in [5.74, 6) is 1.37. The van der Waals surface area contributed by atoms with E-state index in [0.29, 0.717) is 17.5 Å². The molecule has 0 aliphatic rings. The molecule has 5 nitrogen and oxygen atoms in total. The molecule has 3 aromatic carbocycles. The maximum atomic E-state index is 12.5. The smallest absolute Gasteiger partial charge is 0.262 e. The maximum Gasteiger partial charge on any atom is 0.262 e. The molecule has 164 valence electrons. The number of aryl methyl sites for hydroxylation is 3. The van der Waals surface area contributed by atoms with Gasteiger partial charge in [-0.05, 0) is 85.3 Å². The fourth-order valence-electron chi connectivity index (χ4n) is 3.62. The highest BCUT2D eigenvalue weighted by Crippen LogP contribution is 2.29. The monoisotopic (exact) mass is 428 g/mol. The Morgan fingerprint density at radius 3 is 2.59 bits per heavy atom. The molecule has 1 N–H and O–H groups in total. The van der Waals surface area contributed by atoms with Crippen LogP contribution in [-0.2, 0) is 4.79 Å². The van der Waals surface area contributed by atoms with E-state index in [1.807, 2.05) is 49.4 Å². The van der Waals surface area contributed by atoms with Crippen molar-refractivity contribution in [2.45, 2.75) is 40.5 Å². The number of carbonyl (C=O) groups is 1. The predicted octanol–water partition coefficient (Wildman–Crippen LogP) is 6.56. The van der Waals surface area contributed by atoms with Crippen LogP contribution in [0.4, 0.5) is 5.69 Å². The van der Waals surface area contributed by atoms with E-state index in [0.717, 1.165) is 39.1 Å². The van der Waals surface area contributed by atoms with Gasteiger partial charge in [-0.1, -0.05) is 32.0 Å². The average Bonchev–Trinajstić information content (AvgIpc) is 3.15. The van der Waals surface area contributed by atoms with E-state index >= 15 is 0 Å². The van der Waals surface area contributed by atoms with Crippen molar-refractivity contribution in [2.75, 3.05) is 11.9 Å². The number of amides is 1. The Bertz CT molecular complexity index is 1250. The van der Waals surface area contributed by atoms with Crippen molar-refractivity contribution < 1.29 is 13.9 Å². The lowest BCUT2D eigenvalue weighted by atomic mass is 10.0. The highest BCUT2D eigenvalue weighted by Gasteiger charge is 2.13. The second-order valence-corrected chi connectivity index (χ2v) is 8.54. The van der Waals surface area contributed by atoms with Crippen molar-refractivity contribution in [3.8, 4) is 17.2 Å². The fourth-order valence-corrected chi connectivity index (χ4v) is 3.62. The number of aromatic nitrogens is 1. The van der Waals surface area contributed by atoms with Gasteiger partial charge in [-0.3, -0.25) is 4.79 Å². The number of ether oxygens (including phenoxy) is 1. The second-order valence-electron chi connectivity index (χ2n) is 8.54. The van der Waals surface area contributed by atoms with Crippen LogP contribution >= 0.6 is 0 Å². The Balaban J connectivity index is 1.48. The molecule has 0 saturated carbocycles. The number of nitrogens with one attached hydrogen (secondary N) is 1. The first-order valence-electron chi connectivity index (χ1n) is 10.8. The van der Waals surface area contributed by atoms with Crippen molar-refractivity contribution in [2.24, 2.45) is 0 Å². The lowest BCUT2D eigenvalue weighted by Crippen LogP contribution is -2.20. The van der Waals surface area contributed by atoms with E-state index in [4.69, 9.17) is 9.15 Å². The normalized spacial score (nSPS) is 11.2. The number of nitrogens with zero attached hydrogens (tertiary/aromatic N) is 1. The minimum Gasteiger partial charge on any atom is -0.483 e. The second kappa shape index (κ2) is 8.87. The van der Waals surface area contributed by atoms with Gasteiger partial charge in [0.1, 0.15) is 11.3 Å². The number of hydrogen-bond acceptors (Lipinski definition) is 4. The first-order chi connectivity index (χ1) is 15.3. The van der Waals surface area contributed by atoms with Crippen LogP contribution in [0.25, 0.3) is 22.6 Å². The molecule has 1 heterocycles. The number of hydrogen-bond donors (Lipinski definition) is 1. The molecule has 1 aromatic heterocycles. The highest BCUT2D eigenvalue weighted by molar-refractivity contribution is 5.92. The molecule has 0 radical (unpaired) electrons. The van der Waals surface area contributed by atoms with Gasteiger partial charge in [0, 0.05) is 11.3 Å². The van der Waals surface area contributed by atoms with Gasteiger partial charge < -0.3 is 14.5 Å². The van der Waals surface area contributed by atoms with Crippen LogP contribution < -0.4 is 10.1 Å². The molecule has 0 aliphatic carbocycles. The molecule has 0 atom stereocenters. The Labute approximate surface area is 188 Å². The molecule has 0 aliphatic heterocycles. The summed E-state index contributed by atoms with van der Waals surface area (Å²) in [6, 6.07) is 17.6. The fraction of sp³-hybridized carbons (Fsp3) is 0.259. The Morgan fingerprint density at radius 1 is 1.03 bits per heavy atom. The van der Waals surface area contributed by atoms with E-state index in [9.17, 15) is 4.79 Å². The summed E-state index contributed by atoms with van der Waals surface area (Å²) in [4.78, 5) is 17.2. The quantitative estimate of drug-likeness (QED) is 0.378. The van der Waals surface area contributed by atoms with Crippen molar-refractivity contribution in [1.82, 2.24) is 4.98 Å². The Kier molecular flexibility index (Phi) is 5.99. The Hall–Kier alpha value is -3.60. The molecule has 0 spiro atoms. The van der Waals surface area contributed by atoms with Crippen LogP contribution in [0.1, 0.15) is 42.0 Å². The van der Waals surface area contributed by atoms with Crippen molar-refractivity contribution in [3.05, 3.63) is 76.9 Å². The van der Waals surface area contributed by atoms with Gasteiger partial charge in [0.05, 0.1) is 0 Å². The van der Waals surface area contributed by atoms with E-state index < -0.39 is 0 Å². The first-order valence-corrected chi connectivity index (χ1v) is 10.8. The zero-order chi connectivity index (χ0) is 22.8.